The molecule has 0 heterocycles. The summed E-state index contributed by atoms with van der Waals surface area (Å²) in [6.45, 7) is 3.96. The molecule has 0 fully saturated rings. The van der Waals surface area contributed by atoms with Crippen LogP contribution in [0, 0.1) is 0 Å². The van der Waals surface area contributed by atoms with Crippen molar-refractivity contribution < 1.29 is 9.53 Å². The third-order valence-corrected chi connectivity index (χ3v) is 2.89. The van der Waals surface area contributed by atoms with Crippen LogP contribution >= 0.6 is 11.6 Å². The maximum atomic E-state index is 12.0. The highest BCUT2D eigenvalue weighted by molar-refractivity contribution is 6.34. The molecule has 18 heavy (non-hydrogen) atoms. The molecular weight excluding hydrogens is 252 g/mol. The van der Waals surface area contributed by atoms with Gasteiger partial charge in [-0.2, -0.15) is 4.99 Å². The van der Waals surface area contributed by atoms with Gasteiger partial charge in [0.2, 0.25) is 0 Å². The van der Waals surface area contributed by atoms with Crippen LogP contribution in [0.2, 0.25) is 5.02 Å². The highest BCUT2D eigenvalue weighted by Crippen LogP contribution is 2.16. The van der Waals surface area contributed by atoms with E-state index in [0.717, 1.165) is 0 Å². The first-order valence-electron chi connectivity index (χ1n) is 5.61. The number of hydrogen-bond donors (Lipinski definition) is 0. The van der Waals surface area contributed by atoms with Crippen LogP contribution in [-0.2, 0) is 4.74 Å². The second-order valence-corrected chi connectivity index (χ2v) is 4.50. The van der Waals surface area contributed by atoms with E-state index in [1.807, 2.05) is 20.9 Å². The van der Waals surface area contributed by atoms with E-state index in [-0.39, 0.29) is 12.1 Å². The lowest BCUT2D eigenvalue weighted by Gasteiger charge is -2.23. The van der Waals surface area contributed by atoms with Gasteiger partial charge in [-0.15, -0.1) is 0 Å². The van der Waals surface area contributed by atoms with Crippen molar-refractivity contribution in [2.45, 2.75) is 19.9 Å². The summed E-state index contributed by atoms with van der Waals surface area (Å²) in [5.41, 5.74) is 0.367. The van der Waals surface area contributed by atoms with Crippen LogP contribution in [0.15, 0.2) is 29.3 Å². The van der Waals surface area contributed by atoms with Gasteiger partial charge in [-0.05, 0) is 26.0 Å². The lowest BCUT2D eigenvalue weighted by atomic mass is 10.2. The Morgan fingerprint density at radius 3 is 2.50 bits per heavy atom. The number of carbonyl (C=O) groups is 1. The molecule has 0 bridgehead atoms. The quantitative estimate of drug-likeness (QED) is 0.612. The van der Waals surface area contributed by atoms with Gasteiger partial charge < -0.3 is 9.64 Å². The number of nitrogens with zero attached hydrogens (tertiary/aromatic N) is 2. The van der Waals surface area contributed by atoms with Gasteiger partial charge in [0.05, 0.1) is 17.7 Å². The number of amides is 1. The number of halogens is 1. The Hall–Kier alpha value is -1.55. The summed E-state index contributed by atoms with van der Waals surface area (Å²) in [7, 11) is 3.30. The largest absolute Gasteiger partial charge is 0.468 e. The van der Waals surface area contributed by atoms with E-state index < -0.39 is 5.91 Å². The Morgan fingerprint density at radius 2 is 2.00 bits per heavy atom. The summed E-state index contributed by atoms with van der Waals surface area (Å²) in [5, 5.41) is 0.383. The van der Waals surface area contributed by atoms with Gasteiger partial charge in [0, 0.05) is 13.1 Å². The van der Waals surface area contributed by atoms with Crippen molar-refractivity contribution >= 4 is 23.5 Å². The molecule has 0 radical (unpaired) electrons. The molecule has 4 nitrogen and oxygen atoms in total. The molecule has 0 aliphatic heterocycles. The second-order valence-electron chi connectivity index (χ2n) is 4.09. The van der Waals surface area contributed by atoms with E-state index >= 15 is 0 Å². The monoisotopic (exact) mass is 268 g/mol. The standard InChI is InChI=1S/C13H17ClN2O2/c1-9(2)16(3)13(18-4)15-12(17)10-7-5-6-8-11(10)14/h5-9H,1-4H3. The van der Waals surface area contributed by atoms with E-state index in [1.54, 1.807) is 29.2 Å². The van der Waals surface area contributed by atoms with Crippen LogP contribution < -0.4 is 0 Å². The SMILES string of the molecule is COC(=NC(=O)c1ccccc1Cl)N(C)C(C)C. The number of benzene rings is 1. The first kappa shape index (κ1) is 14.5. The van der Waals surface area contributed by atoms with Crippen LogP contribution in [-0.4, -0.2) is 37.0 Å². The van der Waals surface area contributed by atoms with Gasteiger partial charge in [0.1, 0.15) is 0 Å². The molecule has 1 amide bonds. The number of rotatable bonds is 2. The molecule has 0 spiro atoms. The first-order valence-corrected chi connectivity index (χ1v) is 5.99. The highest BCUT2D eigenvalue weighted by atomic mass is 35.5. The van der Waals surface area contributed by atoms with Crippen molar-refractivity contribution in [2.75, 3.05) is 14.2 Å². The fourth-order valence-corrected chi connectivity index (χ4v) is 1.49. The molecule has 0 aliphatic carbocycles. The van der Waals surface area contributed by atoms with Crippen molar-refractivity contribution in [3.8, 4) is 0 Å². The predicted molar refractivity (Wildman–Crippen MR) is 73.1 cm³/mol. The summed E-state index contributed by atoms with van der Waals surface area (Å²) < 4.78 is 5.12. The number of amidine groups is 1. The van der Waals surface area contributed by atoms with E-state index in [1.165, 1.54) is 7.11 Å². The van der Waals surface area contributed by atoms with Crippen LogP contribution in [0.1, 0.15) is 24.2 Å². The molecule has 1 rings (SSSR count). The van der Waals surface area contributed by atoms with Gasteiger partial charge in [0.25, 0.3) is 11.9 Å². The molecule has 0 atom stereocenters. The Balaban J connectivity index is 3.00. The molecule has 1 aromatic rings. The Kier molecular flexibility index (Phi) is 5.16. The maximum absolute atomic E-state index is 12.0. The zero-order valence-electron chi connectivity index (χ0n) is 11.0. The molecule has 0 aliphatic rings. The molecule has 0 saturated carbocycles. The van der Waals surface area contributed by atoms with Gasteiger partial charge in [-0.3, -0.25) is 4.79 Å². The van der Waals surface area contributed by atoms with E-state index in [4.69, 9.17) is 16.3 Å². The average Bonchev–Trinajstić information content (AvgIpc) is 2.35. The normalized spacial score (nSPS) is 11.6. The van der Waals surface area contributed by atoms with Gasteiger partial charge >= 0.3 is 0 Å². The first-order chi connectivity index (χ1) is 8.47. The van der Waals surface area contributed by atoms with Gasteiger partial charge in [-0.1, -0.05) is 23.7 Å². The maximum Gasteiger partial charge on any atom is 0.295 e. The third kappa shape index (κ3) is 3.47. The average molecular weight is 269 g/mol. The Morgan fingerprint density at radius 1 is 1.39 bits per heavy atom. The lowest BCUT2D eigenvalue weighted by Crippen LogP contribution is -2.34. The number of methoxy groups -OCH3 is 1. The zero-order chi connectivity index (χ0) is 13.7. The summed E-state index contributed by atoms with van der Waals surface area (Å²) in [4.78, 5) is 17.7. The molecule has 0 saturated heterocycles. The lowest BCUT2D eigenvalue weighted by molar-refractivity contribution is 0.0996. The van der Waals surface area contributed by atoms with Crippen LogP contribution in [0.25, 0.3) is 0 Å². The summed E-state index contributed by atoms with van der Waals surface area (Å²) in [6.07, 6.45) is 0. The number of carbonyl (C=O) groups excluding carboxylic acids is 1. The third-order valence-electron chi connectivity index (χ3n) is 2.56. The molecule has 1 aromatic carbocycles. The van der Waals surface area contributed by atoms with Crippen molar-refractivity contribution in [3.05, 3.63) is 34.9 Å². The van der Waals surface area contributed by atoms with E-state index in [9.17, 15) is 4.79 Å². The topological polar surface area (TPSA) is 41.9 Å². The van der Waals surface area contributed by atoms with Gasteiger partial charge in [-0.25, -0.2) is 0 Å². The molecule has 0 N–H and O–H groups in total. The number of hydrogen-bond acceptors (Lipinski definition) is 2. The minimum atomic E-state index is -0.412. The summed E-state index contributed by atoms with van der Waals surface area (Å²) in [5.74, 6) is -0.412. The zero-order valence-corrected chi connectivity index (χ0v) is 11.7. The number of ether oxygens (including phenoxy) is 1. The predicted octanol–water partition coefficient (Wildman–Crippen LogP) is 2.82. The molecule has 98 valence electrons. The summed E-state index contributed by atoms with van der Waals surface area (Å²) >= 11 is 5.94. The van der Waals surface area contributed by atoms with Crippen LogP contribution in [0.3, 0.4) is 0 Å². The minimum absolute atomic E-state index is 0.183. The smallest absolute Gasteiger partial charge is 0.295 e. The molecule has 0 unspecified atom stereocenters. The summed E-state index contributed by atoms with van der Waals surface area (Å²) in [6, 6.07) is 7.26. The van der Waals surface area contributed by atoms with E-state index in [2.05, 4.69) is 4.99 Å². The molecular formula is C13H17ClN2O2. The second kappa shape index (κ2) is 6.40. The highest BCUT2D eigenvalue weighted by Gasteiger charge is 2.15. The Labute approximate surface area is 112 Å². The van der Waals surface area contributed by atoms with Crippen molar-refractivity contribution in [1.29, 1.82) is 0 Å². The fraction of sp³-hybridized carbons (Fsp3) is 0.385. The minimum Gasteiger partial charge on any atom is -0.468 e. The van der Waals surface area contributed by atoms with Gasteiger partial charge in [0.15, 0.2) is 0 Å². The van der Waals surface area contributed by atoms with Crippen molar-refractivity contribution in [1.82, 2.24) is 4.90 Å². The van der Waals surface area contributed by atoms with Crippen LogP contribution in [0.5, 0.6) is 0 Å². The van der Waals surface area contributed by atoms with Crippen LogP contribution in [0.4, 0.5) is 0 Å². The van der Waals surface area contributed by atoms with Crippen molar-refractivity contribution in [3.63, 3.8) is 0 Å². The molecule has 5 heteroatoms. The number of aliphatic imine (C=N–C) groups is 1. The molecule has 0 aromatic heterocycles. The van der Waals surface area contributed by atoms with Crippen molar-refractivity contribution in [2.24, 2.45) is 4.99 Å². The Bertz CT molecular complexity index is 458. The fourth-order valence-electron chi connectivity index (χ4n) is 1.27. The van der Waals surface area contributed by atoms with E-state index in [0.29, 0.717) is 10.6 Å².